The van der Waals surface area contributed by atoms with Crippen LogP contribution in [0.4, 0.5) is 4.39 Å². The van der Waals surface area contributed by atoms with Crippen molar-refractivity contribution >= 4 is 0 Å². The van der Waals surface area contributed by atoms with Gasteiger partial charge in [0, 0.05) is 12.0 Å². The van der Waals surface area contributed by atoms with E-state index in [0.717, 1.165) is 31.8 Å². The molecule has 2 saturated heterocycles. The molecule has 0 amide bonds. The molecule has 0 spiro atoms. The van der Waals surface area contributed by atoms with Crippen molar-refractivity contribution in [2.24, 2.45) is 11.3 Å². The van der Waals surface area contributed by atoms with Gasteiger partial charge in [-0.15, -0.1) is 0 Å². The number of hydrogen-bond donors (Lipinski definition) is 1. The number of piperidine rings is 2. The van der Waals surface area contributed by atoms with Crippen molar-refractivity contribution in [1.82, 2.24) is 5.32 Å². The maximum absolute atomic E-state index is 13.7. The van der Waals surface area contributed by atoms with Gasteiger partial charge in [-0.25, -0.2) is 4.39 Å². The lowest BCUT2D eigenvalue weighted by atomic mass is 9.53. The topological polar surface area (TPSA) is 12.0 Å². The third-order valence-corrected chi connectivity index (χ3v) is 3.52. The fourth-order valence-corrected chi connectivity index (χ4v) is 2.55. The minimum Gasteiger partial charge on any atom is -0.316 e. The van der Waals surface area contributed by atoms with Crippen molar-refractivity contribution < 1.29 is 4.39 Å². The van der Waals surface area contributed by atoms with Crippen LogP contribution in [0.25, 0.3) is 0 Å². The summed E-state index contributed by atoms with van der Waals surface area (Å²) in [6.45, 7) is 5.43. The lowest BCUT2D eigenvalue weighted by Crippen LogP contribution is -2.62. The highest BCUT2D eigenvalue weighted by Crippen LogP contribution is 2.55. The van der Waals surface area contributed by atoms with E-state index >= 15 is 0 Å². The molecule has 0 radical (unpaired) electrons. The molecule has 0 aromatic heterocycles. The van der Waals surface area contributed by atoms with E-state index in [-0.39, 0.29) is 5.41 Å². The molecular formula is C9H16FN. The minimum absolute atomic E-state index is 0.0179. The smallest absolute Gasteiger partial charge is 0.112 e. The molecular weight excluding hydrogens is 141 g/mol. The highest BCUT2D eigenvalue weighted by Gasteiger charge is 2.56. The Balaban J connectivity index is 2.13. The molecule has 2 aliphatic heterocycles. The first-order valence-electron chi connectivity index (χ1n) is 4.43. The summed E-state index contributed by atoms with van der Waals surface area (Å²) in [5, 5.41) is 3.29. The predicted molar refractivity (Wildman–Crippen MR) is 43.2 cm³/mol. The van der Waals surface area contributed by atoms with Crippen LogP contribution in [0.5, 0.6) is 0 Å². The number of nitrogens with one attached hydrogen (secondary N) is 1. The van der Waals surface area contributed by atoms with Crippen LogP contribution in [0.15, 0.2) is 0 Å². The SMILES string of the molecule is CC(C)(F)C12CNCC(C1)C2. The number of rotatable bonds is 1. The van der Waals surface area contributed by atoms with Crippen LogP contribution >= 0.6 is 0 Å². The van der Waals surface area contributed by atoms with Gasteiger partial charge < -0.3 is 5.32 Å². The molecule has 2 bridgehead atoms. The molecule has 64 valence electrons. The molecule has 0 aromatic carbocycles. The van der Waals surface area contributed by atoms with Crippen molar-refractivity contribution in [2.75, 3.05) is 13.1 Å². The normalized spacial score (nSPS) is 43.4. The van der Waals surface area contributed by atoms with Gasteiger partial charge in [0.2, 0.25) is 0 Å². The highest BCUT2D eigenvalue weighted by molar-refractivity contribution is 5.08. The summed E-state index contributed by atoms with van der Waals surface area (Å²) < 4.78 is 13.7. The first kappa shape index (κ1) is 7.53. The van der Waals surface area contributed by atoms with Gasteiger partial charge in [-0.3, -0.25) is 0 Å². The monoisotopic (exact) mass is 157 g/mol. The molecule has 1 aliphatic carbocycles. The van der Waals surface area contributed by atoms with Crippen LogP contribution in [0.2, 0.25) is 0 Å². The van der Waals surface area contributed by atoms with Gasteiger partial charge in [-0.05, 0) is 39.2 Å². The van der Waals surface area contributed by atoms with Crippen LogP contribution in [0.3, 0.4) is 0 Å². The standard InChI is InChI=1S/C9H16FN/c1-8(2,10)9-3-7(4-9)5-11-6-9/h7,11H,3-6H2,1-2H3. The van der Waals surface area contributed by atoms with Gasteiger partial charge in [0.05, 0.1) is 0 Å². The molecule has 2 heteroatoms. The Morgan fingerprint density at radius 1 is 1.45 bits per heavy atom. The summed E-state index contributed by atoms with van der Waals surface area (Å²) in [4.78, 5) is 0. The first-order chi connectivity index (χ1) is 5.04. The summed E-state index contributed by atoms with van der Waals surface area (Å²) in [6, 6.07) is 0. The Labute approximate surface area is 67.4 Å². The molecule has 1 nitrogen and oxygen atoms in total. The maximum Gasteiger partial charge on any atom is 0.112 e. The molecule has 1 saturated carbocycles. The molecule has 11 heavy (non-hydrogen) atoms. The van der Waals surface area contributed by atoms with E-state index in [0.29, 0.717) is 0 Å². The second kappa shape index (κ2) is 1.98. The fourth-order valence-electron chi connectivity index (χ4n) is 2.55. The van der Waals surface area contributed by atoms with Crippen molar-refractivity contribution in [2.45, 2.75) is 32.4 Å². The van der Waals surface area contributed by atoms with Gasteiger partial charge in [-0.2, -0.15) is 0 Å². The Hall–Kier alpha value is -0.110. The van der Waals surface area contributed by atoms with E-state index in [9.17, 15) is 4.39 Å². The van der Waals surface area contributed by atoms with E-state index in [1.807, 2.05) is 0 Å². The second-order valence-electron chi connectivity index (χ2n) is 4.66. The summed E-state index contributed by atoms with van der Waals surface area (Å²) in [5.74, 6) is 0.763. The first-order valence-corrected chi connectivity index (χ1v) is 4.43. The molecule has 3 fully saturated rings. The van der Waals surface area contributed by atoms with Gasteiger partial charge in [0.25, 0.3) is 0 Å². The van der Waals surface area contributed by atoms with E-state index in [4.69, 9.17) is 0 Å². The summed E-state index contributed by atoms with van der Waals surface area (Å²) in [6.07, 6.45) is 2.20. The maximum atomic E-state index is 13.7. The average molecular weight is 157 g/mol. The van der Waals surface area contributed by atoms with Gasteiger partial charge in [0.1, 0.15) is 5.67 Å². The number of hydrogen-bond acceptors (Lipinski definition) is 1. The van der Waals surface area contributed by atoms with Crippen LogP contribution < -0.4 is 5.32 Å². The molecule has 3 aliphatic rings. The van der Waals surface area contributed by atoms with Crippen molar-refractivity contribution in [3.63, 3.8) is 0 Å². The molecule has 3 rings (SSSR count). The second-order valence-corrected chi connectivity index (χ2v) is 4.66. The largest absolute Gasteiger partial charge is 0.316 e. The number of halogens is 1. The van der Waals surface area contributed by atoms with Gasteiger partial charge >= 0.3 is 0 Å². The van der Waals surface area contributed by atoms with Gasteiger partial charge in [0.15, 0.2) is 0 Å². The Kier molecular flexibility index (Phi) is 1.35. The lowest BCUT2D eigenvalue weighted by Gasteiger charge is -2.57. The average Bonchev–Trinajstić information content (AvgIpc) is 1.85. The van der Waals surface area contributed by atoms with E-state index in [1.54, 1.807) is 13.8 Å². The molecule has 0 atom stereocenters. The third-order valence-electron chi connectivity index (χ3n) is 3.52. The number of fused-ring (bicyclic) bond motifs is 2. The highest BCUT2D eigenvalue weighted by atomic mass is 19.1. The van der Waals surface area contributed by atoms with E-state index in [2.05, 4.69) is 5.32 Å². The van der Waals surface area contributed by atoms with Crippen LogP contribution in [-0.4, -0.2) is 18.8 Å². The van der Waals surface area contributed by atoms with E-state index < -0.39 is 5.67 Å². The van der Waals surface area contributed by atoms with Crippen LogP contribution in [0, 0.1) is 11.3 Å². The Morgan fingerprint density at radius 3 is 2.36 bits per heavy atom. The van der Waals surface area contributed by atoms with Crippen molar-refractivity contribution in [3.05, 3.63) is 0 Å². The zero-order valence-electron chi connectivity index (χ0n) is 7.28. The summed E-state index contributed by atoms with van der Waals surface area (Å²) in [5.41, 5.74) is -1.01. The Morgan fingerprint density at radius 2 is 2.09 bits per heavy atom. The minimum atomic E-state index is -0.989. The Bertz CT molecular complexity index is 159. The lowest BCUT2D eigenvalue weighted by molar-refractivity contribution is -0.101. The molecule has 2 heterocycles. The van der Waals surface area contributed by atoms with Crippen molar-refractivity contribution in [3.8, 4) is 0 Å². The zero-order valence-corrected chi connectivity index (χ0v) is 7.28. The fraction of sp³-hybridized carbons (Fsp3) is 1.00. The van der Waals surface area contributed by atoms with Crippen molar-refractivity contribution in [1.29, 1.82) is 0 Å². The molecule has 0 unspecified atom stereocenters. The third kappa shape index (κ3) is 0.919. The molecule has 0 aromatic rings. The number of alkyl halides is 1. The van der Waals surface area contributed by atoms with E-state index in [1.165, 1.54) is 0 Å². The summed E-state index contributed by atoms with van der Waals surface area (Å²) in [7, 11) is 0. The molecule has 1 N–H and O–H groups in total. The van der Waals surface area contributed by atoms with Gasteiger partial charge in [-0.1, -0.05) is 0 Å². The van der Waals surface area contributed by atoms with Crippen LogP contribution in [-0.2, 0) is 0 Å². The quantitative estimate of drug-likeness (QED) is 0.611. The predicted octanol–water partition coefficient (Wildman–Crippen LogP) is 1.73. The summed E-state index contributed by atoms with van der Waals surface area (Å²) >= 11 is 0. The van der Waals surface area contributed by atoms with Crippen LogP contribution in [0.1, 0.15) is 26.7 Å². The zero-order chi connectivity index (χ0) is 8.11.